The van der Waals surface area contributed by atoms with Gasteiger partial charge in [0.05, 0.1) is 0 Å². The molecule has 0 saturated heterocycles. The number of benzene rings is 1. The lowest BCUT2D eigenvalue weighted by Gasteiger charge is -2.29. The Morgan fingerprint density at radius 1 is 1.00 bits per heavy atom. The quantitative estimate of drug-likeness (QED) is 0.108. The summed E-state index contributed by atoms with van der Waals surface area (Å²) in [5.41, 5.74) is 0. The third-order valence-electron chi connectivity index (χ3n) is 5.60. The van der Waals surface area contributed by atoms with Gasteiger partial charge in [-0.25, -0.2) is 4.79 Å². The second-order valence-corrected chi connectivity index (χ2v) is 12.4. The molecule has 0 aliphatic rings. The van der Waals surface area contributed by atoms with Gasteiger partial charge in [-0.1, -0.05) is 57.6 Å². The molecule has 0 spiro atoms. The predicted octanol–water partition coefficient (Wildman–Crippen LogP) is 7.78. The van der Waals surface area contributed by atoms with E-state index in [0.29, 0.717) is 23.6 Å². The summed E-state index contributed by atoms with van der Waals surface area (Å²) < 4.78 is 29.4. The molecule has 1 aromatic rings. The van der Waals surface area contributed by atoms with Gasteiger partial charge in [-0.15, -0.1) is 0 Å². The van der Waals surface area contributed by atoms with Crippen molar-refractivity contribution < 1.29 is 33.4 Å². The van der Waals surface area contributed by atoms with Gasteiger partial charge in [0.15, 0.2) is 0 Å². The number of carboxylic acids is 1. The van der Waals surface area contributed by atoms with Crippen LogP contribution >= 0.6 is 31.0 Å². The molecule has 0 radical (unpaired) electrons. The lowest BCUT2D eigenvalue weighted by Crippen LogP contribution is -2.34. The minimum absolute atomic E-state index is 0.0429. The second-order valence-electron chi connectivity index (χ2n) is 8.92. The molecule has 0 saturated carbocycles. The fourth-order valence-electron chi connectivity index (χ4n) is 3.61. The van der Waals surface area contributed by atoms with Crippen LogP contribution in [0, 0.1) is 0 Å². The van der Waals surface area contributed by atoms with E-state index < -0.39 is 31.6 Å². The standard InChI is InChI=1S/C26H44ClO7PS/c1-4-6-11-19-36-20-12-9-7-8-10-13-24(33-23-16-14-22(27)15-17-23)21(3)34-35(30,31)26(25(28)29)32-18-5-2/h14-17,21,24,26H,4-13,18-20H2,1-3H3,(H,28,29)(H,30,31). The Morgan fingerprint density at radius 2 is 1.61 bits per heavy atom. The number of halogens is 1. The number of hydrogen-bond acceptors (Lipinski definition) is 6. The molecular formula is C26H44ClO7PS. The predicted molar refractivity (Wildman–Crippen MR) is 148 cm³/mol. The summed E-state index contributed by atoms with van der Waals surface area (Å²) in [4.78, 5) is 21.9. The van der Waals surface area contributed by atoms with E-state index in [4.69, 9.17) is 25.6 Å². The van der Waals surface area contributed by atoms with Gasteiger partial charge in [-0.2, -0.15) is 11.8 Å². The van der Waals surface area contributed by atoms with Crippen LogP contribution in [0.15, 0.2) is 24.3 Å². The number of aliphatic carboxylic acids is 1. The number of thioether (sulfide) groups is 1. The smallest absolute Gasteiger partial charge is 0.368 e. The average molecular weight is 567 g/mol. The van der Waals surface area contributed by atoms with E-state index in [1.54, 1.807) is 38.1 Å². The molecule has 0 amide bonds. The molecule has 1 aromatic carbocycles. The van der Waals surface area contributed by atoms with Crippen LogP contribution in [-0.4, -0.2) is 52.1 Å². The number of rotatable bonds is 22. The minimum atomic E-state index is -4.60. The normalized spacial score (nSPS) is 15.7. The molecule has 208 valence electrons. The molecular weight excluding hydrogens is 523 g/mol. The Balaban J connectivity index is 2.62. The average Bonchev–Trinajstić information content (AvgIpc) is 2.82. The van der Waals surface area contributed by atoms with Crippen molar-refractivity contribution in [2.24, 2.45) is 0 Å². The first kappa shape index (κ1) is 33.3. The summed E-state index contributed by atoms with van der Waals surface area (Å²) in [7, 11) is -4.60. The maximum atomic E-state index is 12.8. The van der Waals surface area contributed by atoms with Crippen molar-refractivity contribution >= 4 is 36.9 Å². The summed E-state index contributed by atoms with van der Waals surface area (Å²) in [6.07, 6.45) is 8.99. The zero-order valence-corrected chi connectivity index (χ0v) is 24.4. The van der Waals surface area contributed by atoms with E-state index >= 15 is 0 Å². The topological polar surface area (TPSA) is 102 Å². The van der Waals surface area contributed by atoms with Crippen LogP contribution in [0.5, 0.6) is 5.75 Å². The molecule has 0 heterocycles. The van der Waals surface area contributed by atoms with Crippen LogP contribution in [0.25, 0.3) is 0 Å². The zero-order valence-electron chi connectivity index (χ0n) is 21.9. The first-order valence-corrected chi connectivity index (χ1v) is 16.2. The molecule has 2 N–H and O–H groups in total. The molecule has 10 heteroatoms. The van der Waals surface area contributed by atoms with E-state index in [0.717, 1.165) is 19.3 Å². The molecule has 0 aliphatic carbocycles. The van der Waals surface area contributed by atoms with Crippen LogP contribution < -0.4 is 4.74 Å². The first-order valence-electron chi connectivity index (χ1n) is 13.1. The maximum Gasteiger partial charge on any atom is 0.368 e. The van der Waals surface area contributed by atoms with E-state index in [2.05, 4.69) is 6.92 Å². The highest BCUT2D eigenvalue weighted by Crippen LogP contribution is 2.50. The summed E-state index contributed by atoms with van der Waals surface area (Å²) in [6, 6.07) is 6.86. The van der Waals surface area contributed by atoms with Gasteiger partial charge < -0.3 is 19.5 Å². The van der Waals surface area contributed by atoms with E-state index in [1.807, 2.05) is 11.8 Å². The molecule has 7 nitrogen and oxygen atoms in total. The lowest BCUT2D eigenvalue weighted by atomic mass is 10.1. The van der Waals surface area contributed by atoms with Crippen molar-refractivity contribution in [3.8, 4) is 5.75 Å². The van der Waals surface area contributed by atoms with E-state index in [-0.39, 0.29) is 6.61 Å². The van der Waals surface area contributed by atoms with Gasteiger partial charge in [0.1, 0.15) is 18.0 Å². The lowest BCUT2D eigenvalue weighted by molar-refractivity contribution is -0.146. The van der Waals surface area contributed by atoms with Crippen molar-refractivity contribution in [2.75, 3.05) is 18.1 Å². The van der Waals surface area contributed by atoms with Gasteiger partial charge in [0.2, 0.25) is 0 Å². The Hall–Kier alpha value is -0.760. The summed E-state index contributed by atoms with van der Waals surface area (Å²) in [6.45, 7) is 5.67. The van der Waals surface area contributed by atoms with Crippen molar-refractivity contribution in [2.45, 2.75) is 103 Å². The monoisotopic (exact) mass is 566 g/mol. The van der Waals surface area contributed by atoms with Gasteiger partial charge >= 0.3 is 13.6 Å². The minimum Gasteiger partial charge on any atom is -0.488 e. The van der Waals surface area contributed by atoms with Crippen LogP contribution in [0.4, 0.5) is 0 Å². The number of hydrogen-bond donors (Lipinski definition) is 2. The first-order chi connectivity index (χ1) is 17.2. The van der Waals surface area contributed by atoms with Crippen molar-refractivity contribution in [1.29, 1.82) is 0 Å². The molecule has 0 aliphatic heterocycles. The molecule has 36 heavy (non-hydrogen) atoms. The Morgan fingerprint density at radius 3 is 2.22 bits per heavy atom. The number of unbranched alkanes of at least 4 members (excludes halogenated alkanes) is 6. The molecule has 1 rings (SSSR count). The highest BCUT2D eigenvalue weighted by molar-refractivity contribution is 7.99. The van der Waals surface area contributed by atoms with Gasteiger partial charge in [-0.3, -0.25) is 9.09 Å². The van der Waals surface area contributed by atoms with E-state index in [1.165, 1.54) is 43.6 Å². The van der Waals surface area contributed by atoms with Gasteiger partial charge in [-0.05, 0) is 74.8 Å². The zero-order chi connectivity index (χ0) is 26.8. The Labute approximate surface area is 226 Å². The third kappa shape index (κ3) is 14.3. The highest BCUT2D eigenvalue weighted by Gasteiger charge is 2.42. The van der Waals surface area contributed by atoms with Gasteiger partial charge in [0.25, 0.3) is 5.85 Å². The number of ether oxygens (including phenoxy) is 2. The van der Waals surface area contributed by atoms with Crippen LogP contribution in [0.2, 0.25) is 5.02 Å². The molecule has 0 aromatic heterocycles. The molecule has 4 unspecified atom stereocenters. The van der Waals surface area contributed by atoms with Crippen molar-refractivity contribution in [1.82, 2.24) is 0 Å². The summed E-state index contributed by atoms with van der Waals surface area (Å²) >= 11 is 8.00. The van der Waals surface area contributed by atoms with Crippen molar-refractivity contribution in [3.63, 3.8) is 0 Å². The van der Waals surface area contributed by atoms with Crippen molar-refractivity contribution in [3.05, 3.63) is 29.3 Å². The highest BCUT2D eigenvalue weighted by atomic mass is 35.5. The maximum absolute atomic E-state index is 12.8. The summed E-state index contributed by atoms with van der Waals surface area (Å²) in [5.74, 6) is -0.454. The van der Waals surface area contributed by atoms with Crippen LogP contribution in [-0.2, 0) is 18.6 Å². The molecule has 0 fully saturated rings. The number of carbonyl (C=O) groups is 1. The van der Waals surface area contributed by atoms with Crippen LogP contribution in [0.1, 0.15) is 85.0 Å². The second kappa shape index (κ2) is 19.3. The Bertz CT molecular complexity index is 765. The van der Waals surface area contributed by atoms with E-state index in [9.17, 15) is 19.4 Å². The SMILES string of the molecule is CCCCCSCCCCCCCC(Oc1ccc(Cl)cc1)C(C)OP(=O)(O)C(OCCC)C(=O)O. The summed E-state index contributed by atoms with van der Waals surface area (Å²) in [5, 5.41) is 9.95. The van der Waals surface area contributed by atoms with Gasteiger partial charge in [0, 0.05) is 11.6 Å². The molecule has 0 bridgehead atoms. The fourth-order valence-corrected chi connectivity index (χ4v) is 6.05. The Kier molecular flexibility index (Phi) is 17.9. The fraction of sp³-hybridized carbons (Fsp3) is 0.731. The largest absolute Gasteiger partial charge is 0.488 e. The molecule has 4 atom stereocenters. The third-order valence-corrected chi connectivity index (χ3v) is 8.60. The number of carboxylic acid groups (broad SMARTS) is 1. The van der Waals surface area contributed by atoms with Crippen LogP contribution in [0.3, 0.4) is 0 Å².